The Morgan fingerprint density at radius 3 is 1.68 bits per heavy atom. The fraction of sp³-hybridized carbons (Fsp3) is 0.481. The first-order valence-corrected chi connectivity index (χ1v) is 23.9. The molecule has 4 atom stereocenters. The number of hydrogen-bond donors (Lipinski definition) is 5. The second kappa shape index (κ2) is 24.5. The zero-order chi connectivity index (χ0) is 51.5. The lowest BCUT2D eigenvalue weighted by Crippen LogP contribution is -2.53. The molecule has 2 aliphatic rings. The largest absolute Gasteiger partial charge is 0.496 e. The fourth-order valence-corrected chi connectivity index (χ4v) is 10.8. The van der Waals surface area contributed by atoms with E-state index in [1.54, 1.807) is 28.4 Å². The van der Waals surface area contributed by atoms with Crippen molar-refractivity contribution in [3.8, 4) is 34.5 Å². The summed E-state index contributed by atoms with van der Waals surface area (Å²) in [4.78, 5) is 25.8. The third kappa shape index (κ3) is 11.7. The lowest BCUT2D eigenvalue weighted by Gasteiger charge is -2.46. The molecule has 0 radical (unpaired) electrons. The molecule has 4 aromatic rings. The van der Waals surface area contributed by atoms with E-state index in [9.17, 15) is 35.1 Å². The number of aliphatic hydroxyl groups excluding tert-OH is 5. The van der Waals surface area contributed by atoms with Gasteiger partial charge >= 0.3 is 11.9 Å². The van der Waals surface area contributed by atoms with Crippen LogP contribution in [0.25, 0.3) is 0 Å². The number of aliphatic hydroxyl groups is 5. The van der Waals surface area contributed by atoms with Gasteiger partial charge in [-0.2, -0.15) is 0 Å². The van der Waals surface area contributed by atoms with Crippen LogP contribution in [0, 0.1) is 0 Å². The Labute approximate surface area is 416 Å². The second-order valence-corrected chi connectivity index (χ2v) is 18.5. The second-order valence-electron chi connectivity index (χ2n) is 18.5. The van der Waals surface area contributed by atoms with Crippen molar-refractivity contribution < 1.29 is 82.0 Å². The Kier molecular flexibility index (Phi) is 18.8. The minimum absolute atomic E-state index is 0.0844. The van der Waals surface area contributed by atoms with E-state index >= 15 is 0 Å². The average Bonchev–Trinajstić information content (AvgIpc) is 3.39. The predicted molar refractivity (Wildman–Crippen MR) is 263 cm³/mol. The quantitative estimate of drug-likeness (QED) is 0.0279. The van der Waals surface area contributed by atoms with Crippen LogP contribution in [0.1, 0.15) is 86.1 Å². The third-order valence-corrected chi connectivity index (χ3v) is 14.4. The molecule has 2 aliphatic heterocycles. The van der Waals surface area contributed by atoms with Crippen LogP contribution in [0.15, 0.2) is 54.6 Å². The van der Waals surface area contributed by atoms with Gasteiger partial charge in [0.2, 0.25) is 0 Å². The Balaban J connectivity index is 1.10. The summed E-state index contributed by atoms with van der Waals surface area (Å²) >= 11 is 0. The van der Waals surface area contributed by atoms with Gasteiger partial charge < -0.3 is 72.4 Å². The first-order valence-electron chi connectivity index (χ1n) is 23.9. The molecule has 0 spiro atoms. The van der Waals surface area contributed by atoms with E-state index < -0.39 is 11.9 Å². The molecule has 0 aliphatic carbocycles. The van der Waals surface area contributed by atoms with Crippen molar-refractivity contribution in [2.45, 2.75) is 77.2 Å². The van der Waals surface area contributed by atoms with Crippen LogP contribution < -0.4 is 28.4 Å². The van der Waals surface area contributed by atoms with Crippen LogP contribution in [-0.2, 0) is 71.4 Å². The van der Waals surface area contributed by atoms with Crippen molar-refractivity contribution in [2.75, 3.05) is 96.1 Å². The molecule has 0 amide bonds. The Bertz CT molecular complexity index is 2490. The Morgan fingerprint density at radius 1 is 0.563 bits per heavy atom. The van der Waals surface area contributed by atoms with Gasteiger partial charge in [-0.3, -0.25) is 0 Å². The van der Waals surface area contributed by atoms with E-state index in [-0.39, 0.29) is 58.3 Å². The number of carbonyl (C=O) groups is 2. The summed E-state index contributed by atoms with van der Waals surface area (Å²) in [5.74, 6) is 1.83. The van der Waals surface area contributed by atoms with Crippen LogP contribution >= 0.6 is 0 Å². The fourth-order valence-electron chi connectivity index (χ4n) is 10.8. The molecular weight excluding hydrogens is 917 g/mol. The molecular formula is C54H72N2O15+2. The van der Waals surface area contributed by atoms with Crippen molar-refractivity contribution in [2.24, 2.45) is 0 Å². The van der Waals surface area contributed by atoms with E-state index in [2.05, 4.69) is 14.1 Å². The van der Waals surface area contributed by atoms with Gasteiger partial charge in [0.15, 0.2) is 23.0 Å². The summed E-state index contributed by atoms with van der Waals surface area (Å²) in [7, 11) is 13.7. The van der Waals surface area contributed by atoms with Gasteiger partial charge in [0.1, 0.15) is 23.6 Å². The van der Waals surface area contributed by atoms with Gasteiger partial charge in [-0.1, -0.05) is 12.1 Å². The van der Waals surface area contributed by atoms with Gasteiger partial charge in [0.05, 0.1) is 135 Å². The molecule has 0 bridgehead atoms. The van der Waals surface area contributed by atoms with Crippen molar-refractivity contribution in [3.63, 3.8) is 0 Å². The number of rotatable bonds is 24. The zero-order valence-corrected chi connectivity index (χ0v) is 42.4. The normalized spacial score (nSPS) is 19.4. The van der Waals surface area contributed by atoms with E-state index in [1.807, 2.05) is 42.5 Å². The zero-order valence-electron chi connectivity index (χ0n) is 42.4. The predicted octanol–water partition coefficient (Wildman–Crippen LogP) is 4.70. The number of quaternary nitrogens is 2. The van der Waals surface area contributed by atoms with Crippen LogP contribution in [0.3, 0.4) is 0 Å². The maximum Gasteiger partial charge on any atom is 0.331 e. The van der Waals surface area contributed by atoms with Gasteiger partial charge in [-0.15, -0.1) is 0 Å². The molecule has 71 heavy (non-hydrogen) atoms. The van der Waals surface area contributed by atoms with Crippen LogP contribution in [0.5, 0.6) is 34.5 Å². The summed E-state index contributed by atoms with van der Waals surface area (Å²) in [5.41, 5.74) is 8.60. The molecule has 386 valence electrons. The summed E-state index contributed by atoms with van der Waals surface area (Å²) in [5, 5.41) is 51.3. The lowest BCUT2D eigenvalue weighted by atomic mass is 9.82. The van der Waals surface area contributed by atoms with Crippen molar-refractivity contribution >= 4 is 11.9 Å². The number of nitrogens with zero attached hydrogens (tertiary/aromatic N) is 2. The SMILES string of the molecule is COc1cc2c(cc1OC)C(c1cc(CO)c(OC)c(OC)c1)[N+](C)(CCCOC(=O)/C=C/C(=O)OCCC[N+]1(C)CCc3cc(CO)c(CO)c(OC)c3C1Cc1cc(CO)c(CO)c(OC)c1)CC2. The molecule has 0 saturated carbocycles. The minimum atomic E-state index is -0.680. The number of hydrogen-bond acceptors (Lipinski definition) is 15. The summed E-state index contributed by atoms with van der Waals surface area (Å²) in [6, 6.07) is 13.1. The smallest absolute Gasteiger partial charge is 0.331 e. The van der Waals surface area contributed by atoms with E-state index in [0.29, 0.717) is 117 Å². The number of fused-ring (bicyclic) bond motifs is 2. The first-order chi connectivity index (χ1) is 34.2. The highest BCUT2D eigenvalue weighted by molar-refractivity contribution is 5.91. The highest BCUT2D eigenvalue weighted by Gasteiger charge is 2.44. The highest BCUT2D eigenvalue weighted by Crippen LogP contribution is 2.48. The molecule has 4 unspecified atom stereocenters. The van der Waals surface area contributed by atoms with Gasteiger partial charge in [0, 0.05) is 72.1 Å². The molecule has 0 saturated heterocycles. The number of esters is 2. The van der Waals surface area contributed by atoms with Crippen LogP contribution in [-0.4, -0.2) is 143 Å². The number of methoxy groups -OCH3 is 6. The topological polar surface area (TPSA) is 209 Å². The molecule has 6 rings (SSSR count). The van der Waals surface area contributed by atoms with Crippen molar-refractivity contribution in [1.82, 2.24) is 0 Å². The van der Waals surface area contributed by atoms with E-state index in [0.717, 1.165) is 58.5 Å². The highest BCUT2D eigenvalue weighted by atomic mass is 16.5. The molecule has 0 aromatic heterocycles. The number of carbonyl (C=O) groups excluding carboxylic acids is 2. The van der Waals surface area contributed by atoms with Gasteiger partial charge in [-0.05, 0) is 58.1 Å². The van der Waals surface area contributed by atoms with Gasteiger partial charge in [-0.25, -0.2) is 9.59 Å². The Hall–Kier alpha value is -5.92. The summed E-state index contributed by atoms with van der Waals surface area (Å²) in [6.45, 7) is 1.44. The molecule has 4 aromatic carbocycles. The minimum Gasteiger partial charge on any atom is -0.496 e. The summed E-state index contributed by atoms with van der Waals surface area (Å²) < 4.78 is 46.5. The first kappa shape index (κ1) is 54.4. The molecule has 2 heterocycles. The number of ether oxygens (including phenoxy) is 8. The maximum atomic E-state index is 12.9. The van der Waals surface area contributed by atoms with Crippen molar-refractivity contribution in [1.29, 1.82) is 0 Å². The van der Waals surface area contributed by atoms with Crippen LogP contribution in [0.4, 0.5) is 0 Å². The molecule has 17 nitrogen and oxygen atoms in total. The monoisotopic (exact) mass is 988 g/mol. The molecule has 17 heteroatoms. The van der Waals surface area contributed by atoms with E-state index in [1.165, 1.54) is 14.2 Å². The van der Waals surface area contributed by atoms with E-state index in [4.69, 9.17) is 37.9 Å². The standard InChI is InChI=1S/C54H72N2O15/c1-55(17-14-36-24-39(30-58)43(33-61)54(69-8)51(36)44(55)22-34-21-38(29-57)42(32-60)45(23-34)64-3)15-9-19-70-49(62)11-12-50(63)71-20-10-16-56(2)18-13-35-26-46(65-4)47(66-5)28-41(35)52(56)37-25-40(31-59)53(68-7)48(27-37)67-6/h11-12,21,23-28,44,52,57-61H,9-10,13-20,22,29-33H2,1-8H3/q+2/b12-11+. The molecule has 5 N–H and O–H groups in total. The third-order valence-electron chi connectivity index (χ3n) is 14.4. The average molecular weight is 989 g/mol. The number of benzene rings is 4. The van der Waals surface area contributed by atoms with Gasteiger partial charge in [0.25, 0.3) is 0 Å². The summed E-state index contributed by atoms with van der Waals surface area (Å²) in [6.07, 6.45) is 5.05. The van der Waals surface area contributed by atoms with Crippen LogP contribution in [0.2, 0.25) is 0 Å². The maximum absolute atomic E-state index is 12.9. The van der Waals surface area contributed by atoms with Crippen molar-refractivity contribution in [3.05, 3.63) is 116 Å². The lowest BCUT2D eigenvalue weighted by molar-refractivity contribution is -0.941. The number of likely N-dealkylation sites (N-methyl/N-ethyl adjacent to an activating group) is 2. The Morgan fingerprint density at radius 2 is 1.11 bits per heavy atom. The molecule has 0 fully saturated rings.